The second-order valence-corrected chi connectivity index (χ2v) is 6.75. The zero-order valence-electron chi connectivity index (χ0n) is 14.7. The summed E-state index contributed by atoms with van der Waals surface area (Å²) < 4.78 is 5.13. The largest absolute Gasteiger partial charge is 0.497 e. The van der Waals surface area contributed by atoms with Gasteiger partial charge in [-0.25, -0.2) is 0 Å². The van der Waals surface area contributed by atoms with Crippen molar-refractivity contribution in [3.63, 3.8) is 0 Å². The van der Waals surface area contributed by atoms with Crippen LogP contribution < -0.4 is 10.1 Å². The van der Waals surface area contributed by atoms with E-state index in [1.54, 1.807) is 7.11 Å². The van der Waals surface area contributed by atoms with Crippen LogP contribution >= 0.6 is 12.4 Å². The molecule has 0 bridgehead atoms. The van der Waals surface area contributed by atoms with Crippen molar-refractivity contribution >= 4 is 24.1 Å². The summed E-state index contributed by atoms with van der Waals surface area (Å²) in [5.41, 5.74) is 0.732. The highest BCUT2D eigenvalue weighted by Gasteiger charge is 2.29. The molecule has 138 valence electrons. The molecule has 2 fully saturated rings. The number of carbonyl (C=O) groups is 2. The van der Waals surface area contributed by atoms with Gasteiger partial charge in [0.1, 0.15) is 5.75 Å². The fraction of sp³-hybridized carbons (Fsp3) is 0.579. The molecule has 5 nitrogen and oxygen atoms in total. The van der Waals surface area contributed by atoms with Gasteiger partial charge in [0.25, 0.3) is 0 Å². The predicted octanol–water partition coefficient (Wildman–Crippen LogP) is 2.68. The summed E-state index contributed by atoms with van der Waals surface area (Å²) in [4.78, 5) is 26.9. The number of Topliss-reactive ketones (excluding diaryl/α,β-unsaturated/α-hetero) is 1. The van der Waals surface area contributed by atoms with Crippen LogP contribution in [0, 0.1) is 5.92 Å². The minimum atomic E-state index is 0. The van der Waals surface area contributed by atoms with Crippen LogP contribution in [0.15, 0.2) is 24.3 Å². The first-order valence-electron chi connectivity index (χ1n) is 8.87. The van der Waals surface area contributed by atoms with Gasteiger partial charge in [-0.2, -0.15) is 0 Å². The Morgan fingerprint density at radius 2 is 1.84 bits per heavy atom. The zero-order chi connectivity index (χ0) is 16.9. The molecule has 1 atom stereocenters. The molecule has 2 aliphatic rings. The van der Waals surface area contributed by atoms with Gasteiger partial charge in [0.2, 0.25) is 5.91 Å². The molecule has 25 heavy (non-hydrogen) atoms. The number of rotatable bonds is 5. The molecule has 0 spiro atoms. The van der Waals surface area contributed by atoms with E-state index >= 15 is 0 Å². The first kappa shape index (κ1) is 19.7. The van der Waals surface area contributed by atoms with Crippen molar-refractivity contribution in [2.45, 2.75) is 38.1 Å². The van der Waals surface area contributed by atoms with Crippen molar-refractivity contribution in [2.24, 2.45) is 5.92 Å². The van der Waals surface area contributed by atoms with Crippen LogP contribution in [0.2, 0.25) is 0 Å². The van der Waals surface area contributed by atoms with E-state index in [9.17, 15) is 9.59 Å². The summed E-state index contributed by atoms with van der Waals surface area (Å²) in [6, 6.07) is 7.63. The molecule has 1 N–H and O–H groups in total. The lowest BCUT2D eigenvalue weighted by Gasteiger charge is -2.32. The Balaban J connectivity index is 0.00000225. The first-order chi connectivity index (χ1) is 11.7. The minimum absolute atomic E-state index is 0. The molecule has 2 saturated heterocycles. The molecule has 0 saturated carbocycles. The highest BCUT2D eigenvalue weighted by molar-refractivity contribution is 5.98. The van der Waals surface area contributed by atoms with Crippen LogP contribution in [-0.2, 0) is 4.79 Å². The Morgan fingerprint density at radius 1 is 1.16 bits per heavy atom. The van der Waals surface area contributed by atoms with Crippen molar-refractivity contribution in [3.8, 4) is 5.75 Å². The maximum atomic E-state index is 12.6. The quantitative estimate of drug-likeness (QED) is 0.814. The lowest BCUT2D eigenvalue weighted by Crippen LogP contribution is -2.42. The average molecular weight is 367 g/mol. The smallest absolute Gasteiger partial charge is 0.224 e. The van der Waals surface area contributed by atoms with Crippen molar-refractivity contribution in [2.75, 3.05) is 26.7 Å². The van der Waals surface area contributed by atoms with Gasteiger partial charge in [-0.15, -0.1) is 12.4 Å². The molecule has 1 aromatic rings. The van der Waals surface area contributed by atoms with Gasteiger partial charge in [-0.1, -0.05) is 0 Å². The van der Waals surface area contributed by atoms with E-state index in [1.165, 1.54) is 0 Å². The number of amides is 1. The van der Waals surface area contributed by atoms with Crippen molar-refractivity contribution in [1.82, 2.24) is 10.2 Å². The van der Waals surface area contributed by atoms with Gasteiger partial charge in [-0.3, -0.25) is 9.59 Å². The summed E-state index contributed by atoms with van der Waals surface area (Å²) in [5, 5.41) is 3.37. The normalized spacial score (nSPS) is 20.8. The molecule has 1 unspecified atom stereocenters. The monoisotopic (exact) mass is 366 g/mol. The van der Waals surface area contributed by atoms with E-state index in [0.29, 0.717) is 25.6 Å². The topological polar surface area (TPSA) is 58.6 Å². The second kappa shape index (κ2) is 9.20. The first-order valence-corrected chi connectivity index (χ1v) is 8.87. The number of hydrogen-bond acceptors (Lipinski definition) is 4. The number of likely N-dealkylation sites (tertiary alicyclic amines) is 1. The molecule has 0 radical (unpaired) electrons. The summed E-state index contributed by atoms with van der Waals surface area (Å²) in [7, 11) is 1.62. The van der Waals surface area contributed by atoms with Gasteiger partial charge < -0.3 is 15.0 Å². The number of nitrogens with one attached hydrogen (secondary N) is 1. The van der Waals surface area contributed by atoms with Gasteiger partial charge in [0, 0.05) is 37.0 Å². The van der Waals surface area contributed by atoms with E-state index in [0.717, 1.165) is 43.5 Å². The van der Waals surface area contributed by atoms with E-state index < -0.39 is 0 Å². The maximum absolute atomic E-state index is 12.6. The Morgan fingerprint density at radius 3 is 2.40 bits per heavy atom. The number of ketones is 1. The van der Waals surface area contributed by atoms with Gasteiger partial charge in [0.15, 0.2) is 5.78 Å². The molecule has 1 amide bonds. The average Bonchev–Trinajstić information content (AvgIpc) is 3.14. The summed E-state index contributed by atoms with van der Waals surface area (Å²) >= 11 is 0. The maximum Gasteiger partial charge on any atom is 0.224 e. The number of carbonyl (C=O) groups excluding carboxylic acids is 2. The van der Waals surface area contributed by atoms with Gasteiger partial charge in [-0.05, 0) is 56.5 Å². The number of benzene rings is 1. The summed E-state index contributed by atoms with van der Waals surface area (Å²) in [6.07, 6.45) is 4.37. The van der Waals surface area contributed by atoms with Crippen LogP contribution in [0.5, 0.6) is 5.75 Å². The number of piperidine rings is 1. The highest BCUT2D eigenvalue weighted by atomic mass is 35.5. The minimum Gasteiger partial charge on any atom is -0.497 e. The van der Waals surface area contributed by atoms with E-state index in [-0.39, 0.29) is 30.0 Å². The van der Waals surface area contributed by atoms with E-state index in [1.807, 2.05) is 29.2 Å². The van der Waals surface area contributed by atoms with Crippen molar-refractivity contribution in [3.05, 3.63) is 29.8 Å². The third-order valence-corrected chi connectivity index (χ3v) is 5.18. The van der Waals surface area contributed by atoms with Crippen LogP contribution in [0.4, 0.5) is 0 Å². The Labute approximate surface area is 155 Å². The Kier molecular flexibility index (Phi) is 7.26. The third kappa shape index (κ3) is 4.95. The van der Waals surface area contributed by atoms with Crippen LogP contribution in [-0.4, -0.2) is 49.4 Å². The zero-order valence-corrected chi connectivity index (χ0v) is 15.5. The lowest BCUT2D eigenvalue weighted by molar-refractivity contribution is -0.132. The molecule has 2 heterocycles. The van der Waals surface area contributed by atoms with Crippen LogP contribution in [0.1, 0.15) is 42.5 Å². The lowest BCUT2D eigenvalue weighted by atomic mass is 9.88. The molecule has 3 rings (SSSR count). The van der Waals surface area contributed by atoms with Crippen molar-refractivity contribution < 1.29 is 14.3 Å². The van der Waals surface area contributed by atoms with Crippen LogP contribution in [0.25, 0.3) is 0 Å². The van der Waals surface area contributed by atoms with Crippen LogP contribution in [0.3, 0.4) is 0 Å². The fourth-order valence-electron chi connectivity index (χ4n) is 3.65. The molecule has 0 aliphatic carbocycles. The highest BCUT2D eigenvalue weighted by Crippen LogP contribution is 2.24. The third-order valence-electron chi connectivity index (χ3n) is 5.18. The molecule has 0 aromatic heterocycles. The second-order valence-electron chi connectivity index (χ2n) is 6.75. The van der Waals surface area contributed by atoms with E-state index in [4.69, 9.17) is 4.74 Å². The molecule has 1 aromatic carbocycles. The Hall–Kier alpha value is -1.59. The summed E-state index contributed by atoms with van der Waals surface area (Å²) in [5.74, 6) is 1.19. The summed E-state index contributed by atoms with van der Waals surface area (Å²) in [6.45, 7) is 2.41. The number of nitrogens with zero attached hydrogens (tertiary/aromatic N) is 1. The van der Waals surface area contributed by atoms with Gasteiger partial charge >= 0.3 is 0 Å². The van der Waals surface area contributed by atoms with E-state index in [2.05, 4.69) is 5.32 Å². The Bertz CT molecular complexity index is 577. The number of hydrogen-bond donors (Lipinski definition) is 1. The molecular formula is C19H27ClN2O3. The molecule has 6 heteroatoms. The predicted molar refractivity (Wildman–Crippen MR) is 99.5 cm³/mol. The fourth-order valence-corrected chi connectivity index (χ4v) is 3.65. The molecular weight excluding hydrogens is 340 g/mol. The number of ether oxygens (including phenoxy) is 1. The number of halogens is 1. The SMILES string of the molecule is COc1ccc(C(=O)C2CCN(C(=O)CC3CCCN3)CC2)cc1.Cl. The molecule has 2 aliphatic heterocycles. The number of methoxy groups -OCH3 is 1. The van der Waals surface area contributed by atoms with Crippen molar-refractivity contribution in [1.29, 1.82) is 0 Å². The standard InChI is InChI=1S/C19H26N2O3.ClH/c1-24-17-6-4-14(5-7-17)19(23)15-8-11-21(12-9-15)18(22)13-16-3-2-10-20-16;/h4-7,15-16,20H,2-3,8-13H2,1H3;1H. The van der Waals surface area contributed by atoms with Gasteiger partial charge in [0.05, 0.1) is 7.11 Å².